The summed E-state index contributed by atoms with van der Waals surface area (Å²) in [6, 6.07) is 11.4. The van der Waals surface area contributed by atoms with Gasteiger partial charge in [-0.05, 0) is 37.2 Å². The standard InChI is InChI=1S/C17H21N3O3/c1-20(14-8-5-9-14)10-11-22-16-12-15(23-19-16)17(21)18-13-6-3-2-4-7-13/h2-4,6-7,12,14H,5,8-11H2,1H3,(H,18,21). The molecular formula is C17H21N3O3. The third-order valence-corrected chi connectivity index (χ3v) is 4.14. The van der Waals surface area contributed by atoms with Crippen LogP contribution in [0.15, 0.2) is 40.9 Å². The number of carbonyl (C=O) groups excluding carboxylic acids is 1. The van der Waals surface area contributed by atoms with Gasteiger partial charge in [0.05, 0.1) is 6.07 Å². The Labute approximate surface area is 135 Å². The fraction of sp³-hybridized carbons (Fsp3) is 0.412. The summed E-state index contributed by atoms with van der Waals surface area (Å²) in [5.41, 5.74) is 0.707. The Bertz CT molecular complexity index is 638. The topological polar surface area (TPSA) is 67.6 Å². The molecule has 6 heteroatoms. The van der Waals surface area contributed by atoms with E-state index in [9.17, 15) is 4.79 Å². The zero-order valence-electron chi connectivity index (χ0n) is 13.2. The molecule has 1 N–H and O–H groups in total. The molecule has 1 aromatic heterocycles. The minimum atomic E-state index is -0.342. The average Bonchev–Trinajstić information content (AvgIpc) is 2.95. The van der Waals surface area contributed by atoms with Gasteiger partial charge in [-0.2, -0.15) is 0 Å². The fourth-order valence-corrected chi connectivity index (χ4v) is 2.45. The van der Waals surface area contributed by atoms with Crippen molar-refractivity contribution in [3.8, 4) is 5.88 Å². The Morgan fingerprint density at radius 1 is 1.39 bits per heavy atom. The Balaban J connectivity index is 1.46. The van der Waals surface area contributed by atoms with Crippen molar-refractivity contribution >= 4 is 11.6 Å². The van der Waals surface area contributed by atoms with E-state index in [-0.39, 0.29) is 11.7 Å². The molecule has 1 fully saturated rings. The van der Waals surface area contributed by atoms with Gasteiger partial charge in [0.25, 0.3) is 11.8 Å². The smallest absolute Gasteiger partial charge is 0.294 e. The summed E-state index contributed by atoms with van der Waals surface area (Å²) in [4.78, 5) is 14.3. The fourth-order valence-electron chi connectivity index (χ4n) is 2.45. The number of rotatable bonds is 7. The van der Waals surface area contributed by atoms with Gasteiger partial charge >= 0.3 is 0 Å². The second-order valence-corrected chi connectivity index (χ2v) is 5.76. The lowest BCUT2D eigenvalue weighted by Crippen LogP contribution is -2.39. The number of amides is 1. The Hall–Kier alpha value is -2.34. The van der Waals surface area contributed by atoms with E-state index in [1.807, 2.05) is 30.3 Å². The van der Waals surface area contributed by atoms with Gasteiger partial charge in [-0.15, -0.1) is 0 Å². The maximum atomic E-state index is 12.0. The van der Waals surface area contributed by atoms with Gasteiger partial charge in [0.15, 0.2) is 0 Å². The molecular weight excluding hydrogens is 294 g/mol. The normalized spacial score (nSPS) is 14.5. The number of nitrogens with one attached hydrogen (secondary N) is 1. The molecule has 122 valence electrons. The third-order valence-electron chi connectivity index (χ3n) is 4.14. The van der Waals surface area contributed by atoms with Gasteiger partial charge in [-0.25, -0.2) is 0 Å². The molecule has 1 aliphatic carbocycles. The number of hydrogen-bond acceptors (Lipinski definition) is 5. The van der Waals surface area contributed by atoms with E-state index in [0.29, 0.717) is 24.2 Å². The zero-order chi connectivity index (χ0) is 16.1. The van der Waals surface area contributed by atoms with Crippen LogP contribution in [0, 0.1) is 0 Å². The average molecular weight is 315 g/mol. The van der Waals surface area contributed by atoms with Crippen molar-refractivity contribution in [2.24, 2.45) is 0 Å². The van der Waals surface area contributed by atoms with Crippen LogP contribution in [0.5, 0.6) is 5.88 Å². The second kappa shape index (κ2) is 7.28. The van der Waals surface area contributed by atoms with E-state index < -0.39 is 0 Å². The Morgan fingerprint density at radius 2 is 2.17 bits per heavy atom. The molecule has 0 atom stereocenters. The summed E-state index contributed by atoms with van der Waals surface area (Å²) in [6.07, 6.45) is 3.85. The van der Waals surface area contributed by atoms with Gasteiger partial charge in [-0.1, -0.05) is 24.6 Å². The van der Waals surface area contributed by atoms with Gasteiger partial charge in [0, 0.05) is 18.3 Å². The maximum absolute atomic E-state index is 12.0. The van der Waals surface area contributed by atoms with Crippen LogP contribution in [0.1, 0.15) is 29.8 Å². The molecule has 3 rings (SSSR count). The van der Waals surface area contributed by atoms with Gasteiger partial charge in [-0.3, -0.25) is 4.79 Å². The highest BCUT2D eigenvalue weighted by atomic mass is 16.5. The van der Waals surface area contributed by atoms with Crippen LogP contribution in [0.2, 0.25) is 0 Å². The number of anilines is 1. The number of hydrogen-bond donors (Lipinski definition) is 1. The number of aromatic nitrogens is 1. The zero-order valence-corrected chi connectivity index (χ0v) is 13.2. The summed E-state index contributed by atoms with van der Waals surface area (Å²) in [5, 5.41) is 6.52. The van der Waals surface area contributed by atoms with Gasteiger partial charge < -0.3 is 19.5 Å². The molecule has 1 aromatic carbocycles. The maximum Gasteiger partial charge on any atom is 0.294 e. The Kier molecular flexibility index (Phi) is 4.92. The molecule has 0 radical (unpaired) electrons. The number of para-hydroxylation sites is 1. The van der Waals surface area contributed by atoms with Crippen molar-refractivity contribution in [2.75, 3.05) is 25.5 Å². The predicted molar refractivity (Wildman–Crippen MR) is 86.7 cm³/mol. The van der Waals surface area contributed by atoms with E-state index in [1.165, 1.54) is 25.3 Å². The molecule has 2 aromatic rings. The monoisotopic (exact) mass is 315 g/mol. The number of ether oxygens (including phenoxy) is 1. The van der Waals surface area contributed by atoms with Crippen LogP contribution in [0.3, 0.4) is 0 Å². The molecule has 23 heavy (non-hydrogen) atoms. The quantitative estimate of drug-likeness (QED) is 0.851. The van der Waals surface area contributed by atoms with Crippen LogP contribution in [-0.4, -0.2) is 42.2 Å². The van der Waals surface area contributed by atoms with Crippen molar-refractivity contribution in [2.45, 2.75) is 25.3 Å². The first-order chi connectivity index (χ1) is 11.2. The molecule has 1 saturated carbocycles. The number of likely N-dealkylation sites (N-methyl/N-ethyl adjacent to an activating group) is 1. The molecule has 1 amide bonds. The molecule has 0 unspecified atom stereocenters. The van der Waals surface area contributed by atoms with Crippen LogP contribution >= 0.6 is 0 Å². The number of nitrogens with zero attached hydrogens (tertiary/aromatic N) is 2. The summed E-state index contributed by atoms with van der Waals surface area (Å²) < 4.78 is 10.6. The number of benzene rings is 1. The second-order valence-electron chi connectivity index (χ2n) is 5.76. The Morgan fingerprint density at radius 3 is 2.87 bits per heavy atom. The summed E-state index contributed by atoms with van der Waals surface area (Å²) in [5.74, 6) is 0.131. The minimum absolute atomic E-state index is 0.135. The SMILES string of the molecule is CN(CCOc1cc(C(=O)Nc2ccccc2)on1)C1CCC1. The lowest BCUT2D eigenvalue weighted by atomic mass is 9.92. The van der Waals surface area contributed by atoms with E-state index in [0.717, 1.165) is 6.54 Å². The lowest BCUT2D eigenvalue weighted by Gasteiger charge is -2.34. The largest absolute Gasteiger partial charge is 0.474 e. The van der Waals surface area contributed by atoms with Gasteiger partial charge in [0.2, 0.25) is 5.76 Å². The van der Waals surface area contributed by atoms with Crippen molar-refractivity contribution in [1.82, 2.24) is 10.1 Å². The highest BCUT2D eigenvalue weighted by Gasteiger charge is 2.21. The first-order valence-electron chi connectivity index (χ1n) is 7.88. The minimum Gasteiger partial charge on any atom is -0.474 e. The first kappa shape index (κ1) is 15.6. The van der Waals surface area contributed by atoms with Crippen LogP contribution in [0.4, 0.5) is 5.69 Å². The molecule has 1 aliphatic rings. The molecule has 0 aliphatic heterocycles. The molecule has 0 bridgehead atoms. The number of carbonyl (C=O) groups is 1. The molecule has 0 saturated heterocycles. The van der Waals surface area contributed by atoms with Crippen molar-refractivity contribution < 1.29 is 14.1 Å². The highest BCUT2D eigenvalue weighted by molar-refractivity contribution is 6.02. The van der Waals surface area contributed by atoms with Crippen molar-refractivity contribution in [3.63, 3.8) is 0 Å². The third kappa shape index (κ3) is 4.10. The molecule has 6 nitrogen and oxygen atoms in total. The van der Waals surface area contributed by atoms with Crippen molar-refractivity contribution in [1.29, 1.82) is 0 Å². The van der Waals surface area contributed by atoms with Crippen LogP contribution in [0.25, 0.3) is 0 Å². The predicted octanol–water partition coefficient (Wildman–Crippen LogP) is 2.79. The van der Waals surface area contributed by atoms with E-state index >= 15 is 0 Å². The van der Waals surface area contributed by atoms with E-state index in [2.05, 4.69) is 22.4 Å². The highest BCUT2D eigenvalue weighted by Crippen LogP contribution is 2.23. The van der Waals surface area contributed by atoms with Crippen LogP contribution in [-0.2, 0) is 0 Å². The first-order valence-corrected chi connectivity index (χ1v) is 7.88. The van der Waals surface area contributed by atoms with E-state index in [1.54, 1.807) is 0 Å². The summed E-state index contributed by atoms with van der Waals surface area (Å²) >= 11 is 0. The lowest BCUT2D eigenvalue weighted by molar-refractivity contribution is 0.0987. The summed E-state index contributed by atoms with van der Waals surface area (Å²) in [7, 11) is 2.11. The van der Waals surface area contributed by atoms with Crippen LogP contribution < -0.4 is 10.1 Å². The van der Waals surface area contributed by atoms with E-state index in [4.69, 9.17) is 9.26 Å². The van der Waals surface area contributed by atoms with Crippen molar-refractivity contribution in [3.05, 3.63) is 42.2 Å². The summed E-state index contributed by atoms with van der Waals surface area (Å²) in [6.45, 7) is 1.36. The molecule has 1 heterocycles. The molecule has 0 spiro atoms. The van der Waals surface area contributed by atoms with Gasteiger partial charge in [0.1, 0.15) is 6.61 Å².